The number of nitrogens with one attached hydrogen (secondary N) is 1. The average Bonchev–Trinajstić information content (AvgIpc) is 2.58. The zero-order valence-corrected chi connectivity index (χ0v) is 17.5. The van der Waals surface area contributed by atoms with E-state index >= 15 is 0 Å². The van der Waals surface area contributed by atoms with Crippen LogP contribution in [0.25, 0.3) is 0 Å². The number of amides is 1. The van der Waals surface area contributed by atoms with Crippen molar-refractivity contribution in [3.63, 3.8) is 0 Å². The number of nitrogens with zero attached hydrogens (tertiary/aromatic N) is 1. The average molecular weight is 353 g/mol. The lowest BCUT2D eigenvalue weighted by Crippen LogP contribution is -2.49. The zero-order valence-electron chi connectivity index (χ0n) is 17.5. The number of Topliss-reactive ketones (excluding diaryl/α,β-unsaturated/α-hetero) is 1. The van der Waals surface area contributed by atoms with Crippen LogP contribution in [0.4, 0.5) is 0 Å². The zero-order chi connectivity index (χ0) is 19.1. The lowest BCUT2D eigenvalue weighted by atomic mass is 9.82. The molecule has 0 bridgehead atoms. The standard InChI is InChI=1S/C21H40N2O2/c1-8-16(6)17(13-19(24)18-11-9-10-12-22-18)21(25)23(7)20(14(2)3)15(4)5/h14-18,20,22H,8-13H2,1-7H3/t16-,17-,18+/m0/s1. The van der Waals surface area contributed by atoms with Gasteiger partial charge in [-0.3, -0.25) is 9.59 Å². The van der Waals surface area contributed by atoms with Crippen LogP contribution in [0, 0.1) is 23.7 Å². The van der Waals surface area contributed by atoms with E-state index in [-0.39, 0.29) is 35.6 Å². The molecule has 0 aromatic carbocycles. The van der Waals surface area contributed by atoms with Crippen LogP contribution in [0.5, 0.6) is 0 Å². The van der Waals surface area contributed by atoms with E-state index in [2.05, 4.69) is 46.9 Å². The van der Waals surface area contributed by atoms with Crippen LogP contribution < -0.4 is 5.32 Å². The highest BCUT2D eigenvalue weighted by Crippen LogP contribution is 2.27. The molecule has 1 aliphatic heterocycles. The third kappa shape index (κ3) is 6.09. The predicted molar refractivity (Wildman–Crippen MR) is 104 cm³/mol. The summed E-state index contributed by atoms with van der Waals surface area (Å²) in [7, 11) is 1.92. The summed E-state index contributed by atoms with van der Waals surface area (Å²) in [5, 5.41) is 3.33. The third-order valence-corrected chi connectivity index (χ3v) is 5.93. The van der Waals surface area contributed by atoms with Crippen molar-refractivity contribution >= 4 is 11.7 Å². The second kappa shape index (κ2) is 10.3. The molecule has 1 rings (SSSR count). The van der Waals surface area contributed by atoms with Gasteiger partial charge in [-0.25, -0.2) is 0 Å². The Morgan fingerprint density at radius 1 is 1.08 bits per heavy atom. The number of hydrogen-bond donors (Lipinski definition) is 1. The molecule has 1 fully saturated rings. The van der Waals surface area contributed by atoms with E-state index in [1.807, 2.05) is 11.9 Å². The largest absolute Gasteiger partial charge is 0.342 e. The summed E-state index contributed by atoms with van der Waals surface area (Å²) in [5.41, 5.74) is 0. The molecule has 0 aromatic rings. The third-order valence-electron chi connectivity index (χ3n) is 5.93. The molecule has 4 heteroatoms. The van der Waals surface area contributed by atoms with E-state index in [4.69, 9.17) is 0 Å². The van der Waals surface area contributed by atoms with E-state index in [0.717, 1.165) is 32.2 Å². The molecule has 146 valence electrons. The van der Waals surface area contributed by atoms with Crippen LogP contribution in [0.3, 0.4) is 0 Å². The highest BCUT2D eigenvalue weighted by atomic mass is 16.2. The highest BCUT2D eigenvalue weighted by Gasteiger charge is 2.35. The first-order valence-electron chi connectivity index (χ1n) is 10.2. The van der Waals surface area contributed by atoms with Crippen molar-refractivity contribution in [3.05, 3.63) is 0 Å². The Balaban J connectivity index is 2.89. The summed E-state index contributed by atoms with van der Waals surface area (Å²) in [6.07, 6.45) is 4.46. The van der Waals surface area contributed by atoms with Gasteiger partial charge in [0.15, 0.2) is 5.78 Å². The second-order valence-corrected chi connectivity index (χ2v) is 8.59. The molecule has 1 aliphatic rings. The number of piperidine rings is 1. The van der Waals surface area contributed by atoms with Crippen molar-refractivity contribution in [1.29, 1.82) is 0 Å². The molecule has 25 heavy (non-hydrogen) atoms. The van der Waals surface area contributed by atoms with Gasteiger partial charge in [-0.05, 0) is 37.1 Å². The summed E-state index contributed by atoms with van der Waals surface area (Å²) < 4.78 is 0. The Bertz CT molecular complexity index is 420. The molecule has 1 heterocycles. The van der Waals surface area contributed by atoms with Crippen molar-refractivity contribution in [1.82, 2.24) is 10.2 Å². The topological polar surface area (TPSA) is 49.4 Å². The number of rotatable bonds is 9. The van der Waals surface area contributed by atoms with Gasteiger partial charge in [-0.1, -0.05) is 54.4 Å². The van der Waals surface area contributed by atoms with Gasteiger partial charge in [-0.2, -0.15) is 0 Å². The Labute approximate surface area is 155 Å². The highest BCUT2D eigenvalue weighted by molar-refractivity contribution is 5.90. The minimum absolute atomic E-state index is 0.0515. The first kappa shape index (κ1) is 22.1. The number of carbonyl (C=O) groups excluding carboxylic acids is 2. The SMILES string of the molecule is CC[C@H](C)[C@H](CC(=O)[C@H]1CCCCN1)C(=O)N(C)C(C(C)C)C(C)C. The fourth-order valence-electron chi connectivity index (χ4n) is 4.37. The first-order chi connectivity index (χ1) is 11.7. The Morgan fingerprint density at radius 3 is 2.12 bits per heavy atom. The fourth-order valence-corrected chi connectivity index (χ4v) is 4.37. The van der Waals surface area contributed by atoms with E-state index in [1.165, 1.54) is 0 Å². The minimum Gasteiger partial charge on any atom is -0.342 e. The van der Waals surface area contributed by atoms with Crippen molar-refractivity contribution < 1.29 is 9.59 Å². The molecule has 1 saturated heterocycles. The first-order valence-corrected chi connectivity index (χ1v) is 10.2. The molecule has 0 unspecified atom stereocenters. The summed E-state index contributed by atoms with van der Waals surface area (Å²) in [5.74, 6) is 1.20. The summed E-state index contributed by atoms with van der Waals surface area (Å²) in [4.78, 5) is 28.0. The molecule has 0 spiro atoms. The van der Waals surface area contributed by atoms with E-state index in [0.29, 0.717) is 18.3 Å². The number of ketones is 1. The van der Waals surface area contributed by atoms with Gasteiger partial charge >= 0.3 is 0 Å². The molecule has 4 nitrogen and oxygen atoms in total. The normalized spacial score (nSPS) is 20.8. The summed E-state index contributed by atoms with van der Waals surface area (Å²) in [6.45, 7) is 13.8. The molecule has 3 atom stereocenters. The van der Waals surface area contributed by atoms with Gasteiger partial charge in [0.2, 0.25) is 5.91 Å². The lowest BCUT2D eigenvalue weighted by Gasteiger charge is -2.38. The van der Waals surface area contributed by atoms with Crippen molar-refractivity contribution in [2.75, 3.05) is 13.6 Å². The number of hydrogen-bond acceptors (Lipinski definition) is 3. The van der Waals surface area contributed by atoms with Gasteiger partial charge in [-0.15, -0.1) is 0 Å². The van der Waals surface area contributed by atoms with Crippen LogP contribution in [-0.2, 0) is 9.59 Å². The Kier molecular flexibility index (Phi) is 9.12. The molecule has 1 N–H and O–H groups in total. The summed E-state index contributed by atoms with van der Waals surface area (Å²) >= 11 is 0. The van der Waals surface area contributed by atoms with Crippen molar-refractivity contribution in [2.45, 2.75) is 85.7 Å². The van der Waals surface area contributed by atoms with E-state index < -0.39 is 0 Å². The lowest BCUT2D eigenvalue weighted by molar-refractivity contribution is -0.142. The molecule has 1 amide bonds. The van der Waals surface area contributed by atoms with Crippen molar-refractivity contribution in [3.8, 4) is 0 Å². The van der Waals surface area contributed by atoms with Crippen molar-refractivity contribution in [2.24, 2.45) is 23.7 Å². The quantitative estimate of drug-likeness (QED) is 0.685. The maximum atomic E-state index is 13.3. The van der Waals surface area contributed by atoms with Crippen LogP contribution in [0.15, 0.2) is 0 Å². The number of carbonyl (C=O) groups is 2. The minimum atomic E-state index is -0.203. The van der Waals surface area contributed by atoms with Crippen LogP contribution >= 0.6 is 0 Å². The van der Waals surface area contributed by atoms with Gasteiger partial charge in [0.1, 0.15) is 0 Å². The maximum absolute atomic E-state index is 13.3. The molecular formula is C21H40N2O2. The van der Waals surface area contributed by atoms with Gasteiger partial charge in [0.25, 0.3) is 0 Å². The fraction of sp³-hybridized carbons (Fsp3) is 0.905. The molecule has 0 aromatic heterocycles. The van der Waals surface area contributed by atoms with Crippen LogP contribution in [0.2, 0.25) is 0 Å². The van der Waals surface area contributed by atoms with E-state index in [1.54, 1.807) is 0 Å². The maximum Gasteiger partial charge on any atom is 0.226 e. The van der Waals surface area contributed by atoms with Gasteiger partial charge in [0.05, 0.1) is 6.04 Å². The molecule has 0 saturated carbocycles. The molecule has 0 radical (unpaired) electrons. The Morgan fingerprint density at radius 2 is 1.68 bits per heavy atom. The summed E-state index contributed by atoms with van der Waals surface area (Å²) in [6, 6.07) is 0.159. The van der Waals surface area contributed by atoms with Gasteiger partial charge in [0, 0.05) is 25.4 Å². The smallest absolute Gasteiger partial charge is 0.226 e. The predicted octanol–water partition coefficient (Wildman–Crippen LogP) is 3.89. The van der Waals surface area contributed by atoms with Crippen LogP contribution in [0.1, 0.15) is 73.6 Å². The monoisotopic (exact) mass is 352 g/mol. The van der Waals surface area contributed by atoms with Crippen LogP contribution in [-0.4, -0.2) is 42.3 Å². The Hall–Kier alpha value is -0.900. The van der Waals surface area contributed by atoms with Gasteiger partial charge < -0.3 is 10.2 Å². The second-order valence-electron chi connectivity index (χ2n) is 8.59. The molecular weight excluding hydrogens is 312 g/mol. The molecule has 0 aliphatic carbocycles. The van der Waals surface area contributed by atoms with E-state index in [9.17, 15) is 9.59 Å².